The highest BCUT2D eigenvalue weighted by atomic mass is 127. The number of hydrogen-bond donors (Lipinski definition) is 0. The number of benzene rings is 2. The third-order valence-electron chi connectivity index (χ3n) is 2.85. The van der Waals surface area contributed by atoms with Crippen LogP contribution in [0, 0.1) is 27.2 Å². The van der Waals surface area contributed by atoms with Crippen molar-refractivity contribution in [1.29, 1.82) is 5.26 Å². The molecule has 0 heterocycles. The molecule has 0 amide bonds. The lowest BCUT2D eigenvalue weighted by atomic mass is 10.0. The summed E-state index contributed by atoms with van der Waals surface area (Å²) in [5.74, 6) is 3.17. The fourth-order valence-electron chi connectivity index (χ4n) is 1.82. The van der Waals surface area contributed by atoms with Crippen molar-refractivity contribution in [3.05, 3.63) is 62.2 Å². The van der Waals surface area contributed by atoms with E-state index in [1.54, 1.807) is 12.1 Å². The van der Waals surface area contributed by atoms with Gasteiger partial charge in [-0.25, -0.2) is 0 Å². The van der Waals surface area contributed by atoms with E-state index >= 15 is 0 Å². The monoisotopic (exact) mass is 419 g/mol. The molecule has 0 fully saturated rings. The molecule has 0 radical (unpaired) electrons. The maximum absolute atomic E-state index is 9.35. The maximum atomic E-state index is 9.35. The molecule has 0 aromatic heterocycles. The van der Waals surface area contributed by atoms with E-state index in [1.807, 2.05) is 36.4 Å². The van der Waals surface area contributed by atoms with Crippen molar-refractivity contribution < 1.29 is 4.74 Å². The van der Waals surface area contributed by atoms with Crippen molar-refractivity contribution >= 4 is 45.8 Å². The number of halogens is 2. The van der Waals surface area contributed by atoms with Crippen molar-refractivity contribution in [2.75, 3.05) is 6.61 Å². The van der Waals surface area contributed by atoms with Gasteiger partial charge in [0.05, 0.1) is 15.2 Å². The minimum Gasteiger partial charge on any atom is -0.480 e. The molecule has 22 heavy (non-hydrogen) atoms. The van der Waals surface area contributed by atoms with Crippen LogP contribution in [0.4, 0.5) is 0 Å². The van der Waals surface area contributed by atoms with Crippen molar-refractivity contribution in [3.8, 4) is 24.2 Å². The van der Waals surface area contributed by atoms with Gasteiger partial charge in [-0.2, -0.15) is 5.26 Å². The molecule has 108 valence electrons. The number of rotatable bonds is 4. The van der Waals surface area contributed by atoms with E-state index in [4.69, 9.17) is 22.8 Å². The Hall–Kier alpha value is -1.95. The van der Waals surface area contributed by atoms with Crippen molar-refractivity contribution in [1.82, 2.24) is 0 Å². The van der Waals surface area contributed by atoms with Gasteiger partial charge in [0.1, 0.15) is 12.4 Å². The molecule has 0 spiro atoms. The first-order chi connectivity index (χ1) is 10.6. The van der Waals surface area contributed by atoms with E-state index in [-0.39, 0.29) is 6.61 Å². The van der Waals surface area contributed by atoms with E-state index in [0.717, 1.165) is 20.4 Å². The topological polar surface area (TPSA) is 33.0 Å². The molecule has 0 atom stereocenters. The first-order valence-electron chi connectivity index (χ1n) is 6.37. The third kappa shape index (κ3) is 4.27. The molecule has 2 nitrogen and oxygen atoms in total. The number of hydrogen-bond acceptors (Lipinski definition) is 2. The molecular formula is C18H11ClINO. The average molecular weight is 420 g/mol. The summed E-state index contributed by atoms with van der Waals surface area (Å²) in [7, 11) is 0. The third-order valence-corrected chi connectivity index (χ3v) is 3.95. The Labute approximate surface area is 148 Å². The zero-order chi connectivity index (χ0) is 15.9. The Morgan fingerprint density at radius 2 is 2.00 bits per heavy atom. The van der Waals surface area contributed by atoms with Crippen LogP contribution in [0.25, 0.3) is 11.6 Å². The van der Waals surface area contributed by atoms with Crippen LogP contribution < -0.4 is 4.74 Å². The van der Waals surface area contributed by atoms with Crippen LogP contribution in [-0.4, -0.2) is 6.61 Å². The Balaban J connectivity index is 2.31. The maximum Gasteiger partial charge on any atom is 0.148 e. The van der Waals surface area contributed by atoms with Gasteiger partial charge >= 0.3 is 0 Å². The van der Waals surface area contributed by atoms with E-state index in [2.05, 4.69) is 34.6 Å². The van der Waals surface area contributed by atoms with Crippen LogP contribution in [0.3, 0.4) is 0 Å². The van der Waals surface area contributed by atoms with Gasteiger partial charge in [-0.3, -0.25) is 0 Å². The van der Waals surface area contributed by atoms with Crippen LogP contribution in [-0.2, 0) is 0 Å². The second-order valence-electron chi connectivity index (χ2n) is 4.36. The summed E-state index contributed by atoms with van der Waals surface area (Å²) < 4.78 is 6.37. The van der Waals surface area contributed by atoms with E-state index < -0.39 is 0 Å². The molecular weight excluding hydrogens is 409 g/mol. The molecule has 0 saturated heterocycles. The summed E-state index contributed by atoms with van der Waals surface area (Å²) in [6.45, 7) is 0.236. The molecule has 0 N–H and O–H groups in total. The summed E-state index contributed by atoms with van der Waals surface area (Å²) in [5, 5.41) is 9.99. The van der Waals surface area contributed by atoms with Crippen molar-refractivity contribution in [2.24, 2.45) is 0 Å². The number of nitrogens with zero attached hydrogens (tertiary/aromatic N) is 1. The van der Waals surface area contributed by atoms with Crippen LogP contribution in [0.15, 0.2) is 42.5 Å². The van der Waals surface area contributed by atoms with E-state index in [9.17, 15) is 5.26 Å². The van der Waals surface area contributed by atoms with Gasteiger partial charge in [0, 0.05) is 5.02 Å². The number of ether oxygens (including phenoxy) is 1. The largest absolute Gasteiger partial charge is 0.480 e. The Morgan fingerprint density at radius 1 is 1.27 bits per heavy atom. The molecule has 0 aliphatic rings. The van der Waals surface area contributed by atoms with Crippen LogP contribution in [0.2, 0.25) is 5.02 Å². The minimum atomic E-state index is 0.236. The first-order valence-corrected chi connectivity index (χ1v) is 7.83. The summed E-state index contributed by atoms with van der Waals surface area (Å²) >= 11 is 8.05. The van der Waals surface area contributed by atoms with Crippen molar-refractivity contribution in [3.63, 3.8) is 0 Å². The normalized spacial score (nSPS) is 10.6. The zero-order valence-electron chi connectivity index (χ0n) is 11.5. The van der Waals surface area contributed by atoms with Crippen molar-refractivity contribution in [2.45, 2.75) is 0 Å². The molecule has 2 rings (SSSR count). The molecule has 0 saturated carbocycles. The highest BCUT2D eigenvalue weighted by Gasteiger charge is 2.04. The molecule has 2 aromatic carbocycles. The molecule has 0 aliphatic carbocycles. The number of allylic oxidation sites excluding steroid dienone is 1. The smallest absolute Gasteiger partial charge is 0.148 e. The molecule has 0 aliphatic heterocycles. The Kier molecular flexibility index (Phi) is 5.89. The summed E-state index contributed by atoms with van der Waals surface area (Å²) in [6.07, 6.45) is 7.01. The highest BCUT2D eigenvalue weighted by Crippen LogP contribution is 2.25. The second kappa shape index (κ2) is 7.89. The number of nitriles is 1. The molecule has 0 bridgehead atoms. The van der Waals surface area contributed by atoms with E-state index in [0.29, 0.717) is 10.6 Å². The van der Waals surface area contributed by atoms with Crippen LogP contribution >= 0.6 is 34.2 Å². The fraction of sp³-hybridized carbons (Fsp3) is 0.0556. The summed E-state index contributed by atoms with van der Waals surface area (Å²) in [4.78, 5) is 0. The zero-order valence-corrected chi connectivity index (χ0v) is 14.4. The SMILES string of the molecule is C#CCOc1ccc(/C=C(/C#N)c2ccc(Cl)cc2)cc1I. The average Bonchev–Trinajstić information content (AvgIpc) is 2.53. The van der Waals surface area contributed by atoms with Crippen LogP contribution in [0.5, 0.6) is 5.75 Å². The Morgan fingerprint density at radius 3 is 2.59 bits per heavy atom. The Bertz CT molecular complexity index is 782. The standard InChI is InChI=1S/C18H11ClINO/c1-2-9-22-18-8-3-13(11-17(18)20)10-15(12-21)14-4-6-16(19)7-5-14/h1,3-8,10-11H,9H2/b15-10-. The molecule has 4 heteroatoms. The van der Waals surface area contributed by atoms with Crippen LogP contribution in [0.1, 0.15) is 11.1 Å². The van der Waals surface area contributed by atoms with E-state index in [1.165, 1.54) is 0 Å². The van der Waals surface area contributed by atoms with Gasteiger partial charge in [0.2, 0.25) is 0 Å². The lowest BCUT2D eigenvalue weighted by Crippen LogP contribution is -1.95. The van der Waals surface area contributed by atoms with Gasteiger partial charge in [-0.15, -0.1) is 6.42 Å². The predicted octanol–water partition coefficient (Wildman–Crippen LogP) is 5.02. The minimum absolute atomic E-state index is 0.236. The van der Waals surface area contributed by atoms with Gasteiger partial charge in [0.25, 0.3) is 0 Å². The predicted molar refractivity (Wildman–Crippen MR) is 98.4 cm³/mol. The first kappa shape index (κ1) is 16.4. The summed E-state index contributed by atoms with van der Waals surface area (Å²) in [5.41, 5.74) is 2.32. The fourth-order valence-corrected chi connectivity index (χ4v) is 2.64. The van der Waals surface area contributed by atoms with Gasteiger partial charge < -0.3 is 4.74 Å². The summed E-state index contributed by atoms with van der Waals surface area (Å²) in [6, 6.07) is 15.1. The lowest BCUT2D eigenvalue weighted by Gasteiger charge is -2.06. The molecule has 2 aromatic rings. The second-order valence-corrected chi connectivity index (χ2v) is 5.96. The van der Waals surface area contributed by atoms with Gasteiger partial charge in [-0.1, -0.05) is 35.7 Å². The van der Waals surface area contributed by atoms with Gasteiger partial charge in [0.15, 0.2) is 0 Å². The molecule has 0 unspecified atom stereocenters. The highest BCUT2D eigenvalue weighted by molar-refractivity contribution is 14.1. The number of terminal acetylenes is 1. The van der Waals surface area contributed by atoms with Gasteiger partial charge in [-0.05, 0) is 64.1 Å². The quantitative estimate of drug-likeness (QED) is 0.302. The lowest BCUT2D eigenvalue weighted by molar-refractivity contribution is 0.368.